The molecule has 0 amide bonds. The molecular formula is C15H17F3N4O4S2. The summed E-state index contributed by atoms with van der Waals surface area (Å²) in [6.45, 7) is 3.43. The summed E-state index contributed by atoms with van der Waals surface area (Å²) >= 11 is 1.73. The third-order valence-electron chi connectivity index (χ3n) is 3.41. The Morgan fingerprint density at radius 3 is 2.32 bits per heavy atom. The largest absolute Gasteiger partial charge is 0.462 e. The number of ether oxygens (including phenoxy) is 2. The lowest BCUT2D eigenvalue weighted by Gasteiger charge is -2.08. The van der Waals surface area contributed by atoms with Gasteiger partial charge in [-0.05, 0) is 13.8 Å². The Bertz CT molecular complexity index is 879. The van der Waals surface area contributed by atoms with Crippen LogP contribution in [0, 0.1) is 0 Å². The molecule has 154 valence electrons. The van der Waals surface area contributed by atoms with Crippen molar-refractivity contribution >= 4 is 40.0 Å². The molecule has 0 bridgehead atoms. The van der Waals surface area contributed by atoms with E-state index in [1.54, 1.807) is 13.8 Å². The number of anilines is 1. The number of carbonyl (C=O) groups is 2. The molecule has 0 aromatic carbocycles. The Labute approximate surface area is 166 Å². The van der Waals surface area contributed by atoms with Crippen molar-refractivity contribution in [2.75, 3.05) is 18.9 Å². The number of alkyl halides is 3. The van der Waals surface area contributed by atoms with E-state index in [0.717, 1.165) is 27.7 Å². The predicted octanol–water partition coefficient (Wildman–Crippen LogP) is 3.12. The Kier molecular flexibility index (Phi) is 6.93. The van der Waals surface area contributed by atoms with Gasteiger partial charge < -0.3 is 19.8 Å². The van der Waals surface area contributed by atoms with Crippen molar-refractivity contribution < 1.29 is 32.2 Å². The van der Waals surface area contributed by atoms with Crippen molar-refractivity contribution in [3.05, 3.63) is 21.8 Å². The molecular weight excluding hydrogens is 421 g/mol. The second kappa shape index (κ2) is 8.82. The van der Waals surface area contributed by atoms with E-state index < -0.39 is 23.9 Å². The molecule has 0 radical (unpaired) electrons. The molecule has 2 rings (SSSR count). The highest BCUT2D eigenvalue weighted by molar-refractivity contribution is 7.98. The summed E-state index contributed by atoms with van der Waals surface area (Å²) in [5, 5.41) is 6.68. The SMILES string of the molecule is CCOC(=O)c1sc(N)c(C(=O)OCC)c1CSc1nnc(C(F)(F)F)n1C. The number of aromatic nitrogens is 3. The van der Waals surface area contributed by atoms with Crippen LogP contribution in [0.3, 0.4) is 0 Å². The van der Waals surface area contributed by atoms with Gasteiger partial charge in [-0.2, -0.15) is 13.2 Å². The Morgan fingerprint density at radius 1 is 1.18 bits per heavy atom. The maximum Gasteiger partial charge on any atom is 0.451 e. The second-order valence-corrected chi connectivity index (χ2v) is 7.24. The molecule has 0 aliphatic carbocycles. The number of hydrogen-bond acceptors (Lipinski definition) is 9. The fourth-order valence-electron chi connectivity index (χ4n) is 2.24. The van der Waals surface area contributed by atoms with Gasteiger partial charge in [-0.1, -0.05) is 11.8 Å². The minimum atomic E-state index is -4.65. The van der Waals surface area contributed by atoms with Gasteiger partial charge in [0, 0.05) is 18.4 Å². The minimum absolute atomic E-state index is 0.000571. The highest BCUT2D eigenvalue weighted by Crippen LogP contribution is 2.37. The number of nitrogen functional groups attached to an aromatic ring is 1. The standard InChI is InChI=1S/C15H17F3N4O4S2/c1-4-25-11(23)8-7(9(28-10(8)19)12(24)26-5-2)6-27-14-21-20-13(22(14)3)15(16,17)18/h4-6,19H2,1-3H3. The zero-order valence-corrected chi connectivity index (χ0v) is 16.8. The summed E-state index contributed by atoms with van der Waals surface area (Å²) in [6, 6.07) is 0. The number of hydrogen-bond donors (Lipinski definition) is 1. The van der Waals surface area contributed by atoms with Crippen LogP contribution >= 0.6 is 23.1 Å². The lowest BCUT2D eigenvalue weighted by molar-refractivity contribution is -0.147. The van der Waals surface area contributed by atoms with Crippen LogP contribution in [0.4, 0.5) is 18.2 Å². The molecule has 0 unspecified atom stereocenters. The number of thiophene rings is 1. The number of nitrogens with two attached hydrogens (primary N) is 1. The van der Waals surface area contributed by atoms with Crippen LogP contribution in [-0.2, 0) is 28.5 Å². The van der Waals surface area contributed by atoms with Crippen molar-refractivity contribution in [1.82, 2.24) is 14.8 Å². The highest BCUT2D eigenvalue weighted by atomic mass is 32.2. The van der Waals surface area contributed by atoms with Gasteiger partial charge in [0.1, 0.15) is 9.88 Å². The monoisotopic (exact) mass is 438 g/mol. The molecule has 0 saturated carbocycles. The molecule has 28 heavy (non-hydrogen) atoms. The summed E-state index contributed by atoms with van der Waals surface area (Å²) in [7, 11) is 1.17. The van der Waals surface area contributed by atoms with E-state index in [4.69, 9.17) is 15.2 Å². The van der Waals surface area contributed by atoms with Gasteiger partial charge in [0.15, 0.2) is 5.16 Å². The van der Waals surface area contributed by atoms with Crippen LogP contribution in [0.15, 0.2) is 5.16 Å². The van der Waals surface area contributed by atoms with Gasteiger partial charge >= 0.3 is 18.1 Å². The van der Waals surface area contributed by atoms with Gasteiger partial charge in [-0.15, -0.1) is 21.5 Å². The zero-order valence-electron chi connectivity index (χ0n) is 15.1. The Balaban J connectivity index is 2.39. The summed E-state index contributed by atoms with van der Waals surface area (Å²) < 4.78 is 49.3. The third-order valence-corrected chi connectivity index (χ3v) is 5.50. The molecule has 0 aliphatic rings. The first kappa shape index (κ1) is 22.0. The fourth-order valence-corrected chi connectivity index (χ4v) is 4.24. The Morgan fingerprint density at radius 2 is 1.79 bits per heavy atom. The molecule has 13 heteroatoms. The molecule has 2 N–H and O–H groups in total. The second-order valence-electron chi connectivity index (χ2n) is 5.24. The van der Waals surface area contributed by atoms with Gasteiger partial charge in [-0.3, -0.25) is 0 Å². The molecule has 8 nitrogen and oxygen atoms in total. The van der Waals surface area contributed by atoms with E-state index in [1.165, 1.54) is 7.05 Å². The first-order valence-corrected chi connectivity index (χ1v) is 9.76. The summed E-state index contributed by atoms with van der Waals surface area (Å²) in [6.07, 6.45) is -4.65. The first-order chi connectivity index (χ1) is 13.1. The summed E-state index contributed by atoms with van der Waals surface area (Å²) in [5.41, 5.74) is 6.11. The van der Waals surface area contributed by atoms with Gasteiger partial charge in [0.25, 0.3) is 0 Å². The molecule has 0 spiro atoms. The average Bonchev–Trinajstić information content (AvgIpc) is 3.13. The lowest BCUT2D eigenvalue weighted by Crippen LogP contribution is -2.13. The maximum atomic E-state index is 12.9. The van der Waals surface area contributed by atoms with E-state index in [2.05, 4.69) is 10.2 Å². The van der Waals surface area contributed by atoms with Crippen LogP contribution in [0.5, 0.6) is 0 Å². The number of carbonyl (C=O) groups excluding carboxylic acids is 2. The van der Waals surface area contributed by atoms with E-state index >= 15 is 0 Å². The van der Waals surface area contributed by atoms with Crippen molar-refractivity contribution in [1.29, 1.82) is 0 Å². The van der Waals surface area contributed by atoms with Crippen LogP contribution in [0.2, 0.25) is 0 Å². The average molecular weight is 438 g/mol. The fraction of sp³-hybridized carbons (Fsp3) is 0.467. The topological polar surface area (TPSA) is 109 Å². The van der Waals surface area contributed by atoms with Crippen LogP contribution in [0.1, 0.15) is 45.3 Å². The molecule has 2 aromatic heterocycles. The highest BCUT2D eigenvalue weighted by Gasteiger charge is 2.37. The number of thioether (sulfide) groups is 1. The van der Waals surface area contributed by atoms with Crippen LogP contribution in [0.25, 0.3) is 0 Å². The maximum absolute atomic E-state index is 12.9. The molecule has 0 saturated heterocycles. The van der Waals surface area contributed by atoms with Crippen molar-refractivity contribution in [3.63, 3.8) is 0 Å². The number of rotatable bonds is 7. The Hall–Kier alpha value is -2.28. The molecule has 0 aliphatic heterocycles. The number of halogens is 3. The first-order valence-electron chi connectivity index (χ1n) is 7.96. The minimum Gasteiger partial charge on any atom is -0.462 e. The quantitative estimate of drug-likeness (QED) is 0.519. The molecule has 0 atom stereocenters. The van der Waals surface area contributed by atoms with E-state index in [1.807, 2.05) is 0 Å². The number of nitrogens with zero attached hydrogens (tertiary/aromatic N) is 3. The van der Waals surface area contributed by atoms with E-state index in [0.29, 0.717) is 0 Å². The van der Waals surface area contributed by atoms with E-state index in [-0.39, 0.29) is 45.1 Å². The van der Waals surface area contributed by atoms with Crippen LogP contribution < -0.4 is 5.73 Å². The number of esters is 2. The van der Waals surface area contributed by atoms with E-state index in [9.17, 15) is 22.8 Å². The summed E-state index contributed by atoms with van der Waals surface area (Å²) in [4.78, 5) is 24.6. The van der Waals surface area contributed by atoms with Crippen molar-refractivity contribution in [2.45, 2.75) is 30.9 Å². The molecule has 0 fully saturated rings. The molecule has 2 heterocycles. The van der Waals surface area contributed by atoms with Crippen LogP contribution in [-0.4, -0.2) is 39.9 Å². The smallest absolute Gasteiger partial charge is 0.451 e. The van der Waals surface area contributed by atoms with Gasteiger partial charge in [-0.25, -0.2) is 9.59 Å². The normalized spacial score (nSPS) is 11.5. The van der Waals surface area contributed by atoms with Gasteiger partial charge in [0.2, 0.25) is 5.82 Å². The zero-order chi connectivity index (χ0) is 21.1. The third kappa shape index (κ3) is 4.58. The van der Waals surface area contributed by atoms with Gasteiger partial charge in [0.05, 0.1) is 18.8 Å². The van der Waals surface area contributed by atoms with Crippen molar-refractivity contribution in [3.8, 4) is 0 Å². The molecule has 2 aromatic rings. The lowest BCUT2D eigenvalue weighted by atomic mass is 10.1. The van der Waals surface area contributed by atoms with Crippen molar-refractivity contribution in [2.24, 2.45) is 7.05 Å². The summed E-state index contributed by atoms with van der Waals surface area (Å²) in [5.74, 6) is -2.62. The predicted molar refractivity (Wildman–Crippen MR) is 96.2 cm³/mol.